The number of hydrogen-bond donors (Lipinski definition) is 0. The molecule has 4 rings (SSSR count). The van der Waals surface area contributed by atoms with Crippen molar-refractivity contribution in [2.45, 2.75) is 52.2 Å². The molecular weight excluding hydrogens is 402 g/mol. The van der Waals surface area contributed by atoms with Crippen LogP contribution in [0.4, 0.5) is 0 Å². The summed E-state index contributed by atoms with van der Waals surface area (Å²) in [6, 6.07) is 32.2. The van der Waals surface area contributed by atoms with Gasteiger partial charge in [0.2, 0.25) is 0 Å². The fourth-order valence-electron chi connectivity index (χ4n) is 4.45. The molecule has 4 aromatic rings. The SMILES string of the molecule is CCCCn1c(CN(Cc2ccccc2)CC(C)c2ccccc2)cnc1-c1ccccc1. The van der Waals surface area contributed by atoms with Crippen molar-refractivity contribution in [1.82, 2.24) is 14.5 Å². The van der Waals surface area contributed by atoms with E-state index in [0.717, 1.165) is 38.4 Å². The average Bonchev–Trinajstić information content (AvgIpc) is 3.26. The van der Waals surface area contributed by atoms with Crippen LogP contribution >= 0.6 is 0 Å². The van der Waals surface area contributed by atoms with E-state index in [1.54, 1.807) is 0 Å². The van der Waals surface area contributed by atoms with Crippen molar-refractivity contribution < 1.29 is 0 Å². The third-order valence-electron chi connectivity index (χ3n) is 6.24. The summed E-state index contributed by atoms with van der Waals surface area (Å²) in [7, 11) is 0. The molecule has 0 saturated heterocycles. The molecule has 3 heteroatoms. The summed E-state index contributed by atoms with van der Waals surface area (Å²) in [5, 5.41) is 0. The van der Waals surface area contributed by atoms with Crippen LogP contribution in [-0.2, 0) is 19.6 Å². The van der Waals surface area contributed by atoms with Gasteiger partial charge < -0.3 is 4.57 Å². The number of aromatic nitrogens is 2. The number of nitrogens with zero attached hydrogens (tertiary/aromatic N) is 3. The largest absolute Gasteiger partial charge is 0.327 e. The highest BCUT2D eigenvalue weighted by Gasteiger charge is 2.18. The first-order chi connectivity index (χ1) is 16.2. The zero-order chi connectivity index (χ0) is 22.9. The Bertz CT molecular complexity index is 1090. The first kappa shape index (κ1) is 23.0. The highest BCUT2D eigenvalue weighted by Crippen LogP contribution is 2.24. The highest BCUT2D eigenvalue weighted by atomic mass is 15.2. The Labute approximate surface area is 198 Å². The minimum absolute atomic E-state index is 0.454. The van der Waals surface area contributed by atoms with Gasteiger partial charge >= 0.3 is 0 Å². The fourth-order valence-corrected chi connectivity index (χ4v) is 4.45. The molecule has 33 heavy (non-hydrogen) atoms. The monoisotopic (exact) mass is 437 g/mol. The second-order valence-electron chi connectivity index (χ2n) is 8.91. The van der Waals surface area contributed by atoms with Crippen LogP contribution < -0.4 is 0 Å². The normalized spacial score (nSPS) is 12.2. The Kier molecular flexibility index (Phi) is 8.10. The van der Waals surface area contributed by atoms with Gasteiger partial charge in [0.1, 0.15) is 5.82 Å². The molecule has 0 N–H and O–H groups in total. The maximum Gasteiger partial charge on any atom is 0.140 e. The Balaban J connectivity index is 1.61. The van der Waals surface area contributed by atoms with Gasteiger partial charge in [0.15, 0.2) is 0 Å². The van der Waals surface area contributed by atoms with Crippen LogP contribution in [0.1, 0.15) is 49.4 Å². The van der Waals surface area contributed by atoms with E-state index in [4.69, 9.17) is 4.98 Å². The Morgan fingerprint density at radius 3 is 2.12 bits per heavy atom. The molecule has 0 spiro atoms. The van der Waals surface area contributed by atoms with Crippen LogP contribution in [0.15, 0.2) is 97.2 Å². The van der Waals surface area contributed by atoms with Crippen LogP contribution in [0.3, 0.4) is 0 Å². The Hall–Kier alpha value is -3.17. The van der Waals surface area contributed by atoms with Gasteiger partial charge in [-0.2, -0.15) is 0 Å². The molecule has 0 aliphatic carbocycles. The van der Waals surface area contributed by atoms with Crippen molar-refractivity contribution in [3.63, 3.8) is 0 Å². The van der Waals surface area contributed by atoms with Crippen LogP contribution in [0, 0.1) is 0 Å². The topological polar surface area (TPSA) is 21.1 Å². The van der Waals surface area contributed by atoms with Crippen molar-refractivity contribution >= 4 is 0 Å². The van der Waals surface area contributed by atoms with Gasteiger partial charge in [0.05, 0.1) is 11.9 Å². The summed E-state index contributed by atoms with van der Waals surface area (Å²) >= 11 is 0. The molecule has 3 nitrogen and oxygen atoms in total. The second-order valence-corrected chi connectivity index (χ2v) is 8.91. The van der Waals surface area contributed by atoms with E-state index in [2.05, 4.69) is 121 Å². The lowest BCUT2D eigenvalue weighted by Gasteiger charge is -2.27. The van der Waals surface area contributed by atoms with E-state index in [9.17, 15) is 0 Å². The Morgan fingerprint density at radius 2 is 1.45 bits per heavy atom. The minimum Gasteiger partial charge on any atom is -0.327 e. The molecule has 0 fully saturated rings. The lowest BCUT2D eigenvalue weighted by atomic mass is 10.0. The van der Waals surface area contributed by atoms with E-state index >= 15 is 0 Å². The van der Waals surface area contributed by atoms with Gasteiger partial charge in [-0.05, 0) is 23.5 Å². The van der Waals surface area contributed by atoms with E-state index in [-0.39, 0.29) is 0 Å². The van der Waals surface area contributed by atoms with E-state index in [1.165, 1.54) is 28.8 Å². The molecule has 1 atom stereocenters. The second kappa shape index (κ2) is 11.6. The van der Waals surface area contributed by atoms with Crippen molar-refractivity contribution in [3.05, 3.63) is 114 Å². The first-order valence-electron chi connectivity index (χ1n) is 12.2. The molecular formula is C30H35N3. The van der Waals surface area contributed by atoms with Crippen LogP contribution in [0.5, 0.6) is 0 Å². The average molecular weight is 438 g/mol. The molecule has 0 radical (unpaired) electrons. The number of hydrogen-bond acceptors (Lipinski definition) is 2. The predicted molar refractivity (Wildman–Crippen MR) is 138 cm³/mol. The molecule has 1 heterocycles. The van der Waals surface area contributed by atoms with Gasteiger partial charge in [-0.1, -0.05) is 111 Å². The third-order valence-corrected chi connectivity index (χ3v) is 6.24. The highest BCUT2D eigenvalue weighted by molar-refractivity contribution is 5.55. The quantitative estimate of drug-likeness (QED) is 0.248. The third kappa shape index (κ3) is 6.21. The zero-order valence-corrected chi connectivity index (χ0v) is 19.9. The lowest BCUT2D eigenvalue weighted by molar-refractivity contribution is 0.237. The van der Waals surface area contributed by atoms with Crippen molar-refractivity contribution in [2.24, 2.45) is 0 Å². The summed E-state index contributed by atoms with van der Waals surface area (Å²) in [6.07, 6.45) is 4.41. The molecule has 0 saturated carbocycles. The zero-order valence-electron chi connectivity index (χ0n) is 19.9. The summed E-state index contributed by atoms with van der Waals surface area (Å²) in [4.78, 5) is 7.44. The molecule has 0 bridgehead atoms. The molecule has 0 aliphatic heterocycles. The number of unbranched alkanes of at least 4 members (excludes halogenated alkanes) is 1. The van der Waals surface area contributed by atoms with Crippen LogP contribution in [0.25, 0.3) is 11.4 Å². The maximum atomic E-state index is 4.87. The fraction of sp³-hybridized carbons (Fsp3) is 0.300. The molecule has 170 valence electrons. The number of rotatable bonds is 11. The smallest absolute Gasteiger partial charge is 0.140 e. The predicted octanol–water partition coefficient (Wildman–Crippen LogP) is 7.16. The summed E-state index contributed by atoms with van der Waals surface area (Å²) in [5.41, 5.74) is 5.21. The summed E-state index contributed by atoms with van der Waals surface area (Å²) in [6.45, 7) is 8.40. The number of imidazole rings is 1. The van der Waals surface area contributed by atoms with E-state index in [1.807, 2.05) is 0 Å². The van der Waals surface area contributed by atoms with Crippen LogP contribution in [-0.4, -0.2) is 21.0 Å². The maximum absolute atomic E-state index is 4.87. The molecule has 0 amide bonds. The van der Waals surface area contributed by atoms with Crippen molar-refractivity contribution in [3.8, 4) is 11.4 Å². The van der Waals surface area contributed by atoms with Gasteiger partial charge in [-0.25, -0.2) is 4.98 Å². The van der Waals surface area contributed by atoms with Gasteiger partial charge in [0, 0.05) is 31.7 Å². The van der Waals surface area contributed by atoms with Gasteiger partial charge in [-0.3, -0.25) is 4.90 Å². The van der Waals surface area contributed by atoms with Gasteiger partial charge in [-0.15, -0.1) is 0 Å². The van der Waals surface area contributed by atoms with E-state index < -0.39 is 0 Å². The minimum atomic E-state index is 0.454. The van der Waals surface area contributed by atoms with Crippen molar-refractivity contribution in [1.29, 1.82) is 0 Å². The van der Waals surface area contributed by atoms with Crippen LogP contribution in [0.2, 0.25) is 0 Å². The van der Waals surface area contributed by atoms with Crippen molar-refractivity contribution in [2.75, 3.05) is 6.54 Å². The summed E-state index contributed by atoms with van der Waals surface area (Å²) < 4.78 is 2.43. The standard InChI is InChI=1S/C30H35N3/c1-3-4-20-33-29(21-31-30(33)28-18-12-7-13-19-28)24-32(23-26-14-8-5-9-15-26)22-25(2)27-16-10-6-11-17-27/h5-19,21,25H,3-4,20,22-24H2,1-2H3. The lowest BCUT2D eigenvalue weighted by Crippen LogP contribution is -2.28. The first-order valence-corrected chi connectivity index (χ1v) is 12.2. The molecule has 1 unspecified atom stereocenters. The van der Waals surface area contributed by atoms with Gasteiger partial charge in [0.25, 0.3) is 0 Å². The molecule has 1 aromatic heterocycles. The number of benzene rings is 3. The molecule has 0 aliphatic rings. The molecule has 3 aromatic carbocycles. The Morgan fingerprint density at radius 1 is 0.818 bits per heavy atom. The summed E-state index contributed by atoms with van der Waals surface area (Å²) in [5.74, 6) is 1.53. The van der Waals surface area contributed by atoms with E-state index in [0.29, 0.717) is 5.92 Å².